The van der Waals surface area contributed by atoms with Gasteiger partial charge >= 0.3 is 5.69 Å². The summed E-state index contributed by atoms with van der Waals surface area (Å²) in [5, 5.41) is 36.4. The van der Waals surface area contributed by atoms with Gasteiger partial charge in [0.15, 0.2) is 5.75 Å². The van der Waals surface area contributed by atoms with E-state index >= 15 is 0 Å². The van der Waals surface area contributed by atoms with Gasteiger partial charge in [-0.15, -0.1) is 0 Å². The first-order valence-electron chi connectivity index (χ1n) is 8.48. The Kier molecular flexibility index (Phi) is 4.39. The SMILES string of the molecule is Cc1nc(-c2c(S(=O)(=O)c3cccc4ccccc34)cc(O)c(O)c2[N+](=O)[O-])no1. The van der Waals surface area contributed by atoms with Crippen LogP contribution in [0.3, 0.4) is 0 Å². The van der Waals surface area contributed by atoms with Crippen LogP contribution in [0.1, 0.15) is 5.89 Å². The molecule has 0 bridgehead atoms. The van der Waals surface area contributed by atoms with Crippen LogP contribution in [0, 0.1) is 17.0 Å². The summed E-state index contributed by atoms with van der Waals surface area (Å²) < 4.78 is 32.0. The molecule has 0 spiro atoms. The van der Waals surface area contributed by atoms with Crippen LogP contribution in [0.25, 0.3) is 22.2 Å². The fraction of sp³-hybridized carbons (Fsp3) is 0.0526. The molecule has 0 saturated heterocycles. The number of phenolic OH excluding ortho intramolecular Hbond substituents is 2. The summed E-state index contributed by atoms with van der Waals surface area (Å²) in [6.07, 6.45) is 0. The molecule has 10 nitrogen and oxygen atoms in total. The summed E-state index contributed by atoms with van der Waals surface area (Å²) in [6, 6.07) is 12.0. The largest absolute Gasteiger partial charge is 0.504 e. The second kappa shape index (κ2) is 6.81. The third-order valence-corrected chi connectivity index (χ3v) is 6.32. The number of hydrogen-bond acceptors (Lipinski definition) is 9. The van der Waals surface area contributed by atoms with Crippen LogP contribution in [-0.4, -0.2) is 33.7 Å². The predicted molar refractivity (Wildman–Crippen MR) is 104 cm³/mol. The lowest BCUT2D eigenvalue weighted by Crippen LogP contribution is -2.08. The van der Waals surface area contributed by atoms with Crippen molar-refractivity contribution in [2.75, 3.05) is 0 Å². The molecule has 0 radical (unpaired) electrons. The van der Waals surface area contributed by atoms with Gasteiger partial charge in [0.05, 0.1) is 14.7 Å². The van der Waals surface area contributed by atoms with E-state index in [-0.39, 0.29) is 10.8 Å². The van der Waals surface area contributed by atoms with Gasteiger partial charge in [-0.05, 0) is 11.5 Å². The number of phenols is 2. The first-order chi connectivity index (χ1) is 14.2. The summed E-state index contributed by atoms with van der Waals surface area (Å²) >= 11 is 0. The highest BCUT2D eigenvalue weighted by Crippen LogP contribution is 2.47. The summed E-state index contributed by atoms with van der Waals surface area (Å²) in [7, 11) is -4.43. The van der Waals surface area contributed by atoms with E-state index in [9.17, 15) is 28.7 Å². The molecule has 4 aromatic rings. The van der Waals surface area contributed by atoms with E-state index in [0.717, 1.165) is 6.07 Å². The van der Waals surface area contributed by atoms with Gasteiger partial charge < -0.3 is 14.7 Å². The maximum absolute atomic E-state index is 13.6. The van der Waals surface area contributed by atoms with Gasteiger partial charge in [0.1, 0.15) is 5.56 Å². The molecule has 0 fully saturated rings. The minimum absolute atomic E-state index is 0.0281. The molecule has 1 heterocycles. The van der Waals surface area contributed by atoms with Crippen molar-refractivity contribution >= 4 is 26.3 Å². The van der Waals surface area contributed by atoms with Crippen LogP contribution < -0.4 is 0 Å². The second-order valence-corrected chi connectivity index (χ2v) is 8.23. The van der Waals surface area contributed by atoms with Crippen molar-refractivity contribution < 1.29 is 28.1 Å². The van der Waals surface area contributed by atoms with Gasteiger partial charge in [-0.25, -0.2) is 8.42 Å². The first kappa shape index (κ1) is 19.3. The molecule has 0 unspecified atom stereocenters. The Morgan fingerprint density at radius 3 is 2.43 bits per heavy atom. The minimum Gasteiger partial charge on any atom is -0.504 e. The molecule has 0 aliphatic rings. The Labute approximate surface area is 169 Å². The lowest BCUT2D eigenvalue weighted by atomic mass is 10.1. The molecular formula is C19H13N3O7S. The number of aryl methyl sites for hydroxylation is 1. The number of sulfone groups is 1. The lowest BCUT2D eigenvalue weighted by molar-refractivity contribution is -0.385. The third kappa shape index (κ3) is 2.92. The normalized spacial score (nSPS) is 11.6. The van der Waals surface area contributed by atoms with Crippen molar-refractivity contribution in [3.05, 3.63) is 64.5 Å². The van der Waals surface area contributed by atoms with E-state index in [1.165, 1.54) is 19.1 Å². The monoisotopic (exact) mass is 427 g/mol. The van der Waals surface area contributed by atoms with Gasteiger partial charge in [0, 0.05) is 18.4 Å². The maximum Gasteiger partial charge on any atom is 0.327 e. The molecule has 0 atom stereocenters. The molecule has 0 saturated carbocycles. The van der Waals surface area contributed by atoms with Gasteiger partial charge in [-0.3, -0.25) is 10.1 Å². The molecular weight excluding hydrogens is 414 g/mol. The molecule has 0 aliphatic carbocycles. The zero-order valence-corrected chi connectivity index (χ0v) is 16.1. The first-order valence-corrected chi connectivity index (χ1v) is 9.97. The van der Waals surface area contributed by atoms with Gasteiger partial charge in [0.25, 0.3) is 0 Å². The Balaban J connectivity index is 2.14. The van der Waals surface area contributed by atoms with Gasteiger partial charge in [-0.2, -0.15) is 4.98 Å². The molecule has 2 N–H and O–H groups in total. The highest BCUT2D eigenvalue weighted by atomic mass is 32.2. The van der Waals surface area contributed by atoms with E-state index in [0.29, 0.717) is 10.8 Å². The fourth-order valence-corrected chi connectivity index (χ4v) is 4.87. The topological polar surface area (TPSA) is 157 Å². The van der Waals surface area contributed by atoms with Crippen molar-refractivity contribution in [3.63, 3.8) is 0 Å². The molecule has 152 valence electrons. The van der Waals surface area contributed by atoms with Crippen LogP contribution in [0.15, 0.2) is 62.8 Å². The zero-order valence-electron chi connectivity index (χ0n) is 15.3. The second-order valence-electron chi connectivity index (χ2n) is 6.34. The van der Waals surface area contributed by atoms with E-state index in [4.69, 9.17) is 4.52 Å². The number of nitro benzene ring substituents is 1. The summed E-state index contributed by atoms with van der Waals surface area (Å²) in [6.45, 7) is 1.42. The average molecular weight is 427 g/mol. The number of rotatable bonds is 4. The standard InChI is InChI=1S/C19H13N3O7S/c1-10-20-19(21-29-10)16-15(9-13(23)18(24)17(16)22(25)26)30(27,28)14-8-4-6-11-5-2-3-7-12(11)14/h2-9,23-24H,1H3. The minimum atomic E-state index is -4.43. The number of aromatic hydroxyl groups is 2. The van der Waals surface area contributed by atoms with Gasteiger partial charge in [-0.1, -0.05) is 41.6 Å². The Bertz CT molecular complexity index is 1420. The molecule has 0 amide bonds. The highest BCUT2D eigenvalue weighted by molar-refractivity contribution is 7.92. The van der Waals surface area contributed by atoms with Crippen molar-refractivity contribution in [1.29, 1.82) is 0 Å². The zero-order chi connectivity index (χ0) is 21.6. The Morgan fingerprint density at radius 1 is 1.07 bits per heavy atom. The van der Waals surface area contributed by atoms with Crippen LogP contribution in [0.5, 0.6) is 11.5 Å². The van der Waals surface area contributed by atoms with Crippen molar-refractivity contribution in [2.24, 2.45) is 0 Å². The molecule has 11 heteroatoms. The average Bonchev–Trinajstić information content (AvgIpc) is 3.14. The van der Waals surface area contributed by atoms with Crippen LogP contribution in [0.2, 0.25) is 0 Å². The van der Waals surface area contributed by atoms with Crippen molar-refractivity contribution in [3.8, 4) is 22.9 Å². The maximum atomic E-state index is 13.6. The smallest absolute Gasteiger partial charge is 0.327 e. The number of fused-ring (bicyclic) bond motifs is 1. The molecule has 3 aromatic carbocycles. The number of hydrogen-bond donors (Lipinski definition) is 2. The van der Waals surface area contributed by atoms with E-state index in [1.807, 2.05) is 0 Å². The predicted octanol–water partition coefficient (Wildman–Crippen LogP) is 3.35. The van der Waals surface area contributed by atoms with Crippen molar-refractivity contribution in [1.82, 2.24) is 10.1 Å². The third-order valence-electron chi connectivity index (χ3n) is 4.48. The van der Waals surface area contributed by atoms with E-state index in [2.05, 4.69) is 10.1 Å². The number of nitrogens with zero attached hydrogens (tertiary/aromatic N) is 3. The fourth-order valence-electron chi connectivity index (χ4n) is 3.18. The van der Waals surface area contributed by atoms with Crippen LogP contribution >= 0.6 is 0 Å². The van der Waals surface area contributed by atoms with Crippen molar-refractivity contribution in [2.45, 2.75) is 16.7 Å². The van der Waals surface area contributed by atoms with E-state index < -0.39 is 48.2 Å². The Hall–Kier alpha value is -3.99. The van der Waals surface area contributed by atoms with E-state index in [1.54, 1.807) is 30.3 Å². The number of nitro groups is 1. The molecule has 4 rings (SSSR count). The highest BCUT2D eigenvalue weighted by Gasteiger charge is 2.36. The molecule has 30 heavy (non-hydrogen) atoms. The summed E-state index contributed by atoms with van der Waals surface area (Å²) in [5.41, 5.74) is -1.63. The van der Waals surface area contributed by atoms with Gasteiger partial charge in [0.2, 0.25) is 27.3 Å². The Morgan fingerprint density at radius 2 is 1.77 bits per heavy atom. The summed E-state index contributed by atoms with van der Waals surface area (Å²) in [5.74, 6) is -2.45. The number of aromatic nitrogens is 2. The van der Waals surface area contributed by atoms with Crippen LogP contribution in [0.4, 0.5) is 5.69 Å². The van der Waals surface area contributed by atoms with Crippen LogP contribution in [-0.2, 0) is 9.84 Å². The lowest BCUT2D eigenvalue weighted by Gasteiger charge is -2.13. The molecule has 1 aromatic heterocycles. The molecule has 0 aliphatic heterocycles. The quantitative estimate of drug-likeness (QED) is 0.283. The number of benzene rings is 3. The summed E-state index contributed by atoms with van der Waals surface area (Å²) in [4.78, 5) is 13.8.